The zero-order valence-corrected chi connectivity index (χ0v) is 9.66. The molecule has 1 amide bonds. The van der Waals surface area contributed by atoms with E-state index in [2.05, 4.69) is 5.32 Å². The van der Waals surface area contributed by atoms with Crippen molar-refractivity contribution < 1.29 is 4.79 Å². The third kappa shape index (κ3) is 4.30. The Morgan fingerprint density at radius 1 is 1.62 bits per heavy atom. The van der Waals surface area contributed by atoms with Gasteiger partial charge in [-0.05, 0) is 25.2 Å². The van der Waals surface area contributed by atoms with Gasteiger partial charge in [0.05, 0.1) is 19.2 Å². The van der Waals surface area contributed by atoms with Crippen LogP contribution in [0.1, 0.15) is 0 Å². The second kappa shape index (κ2) is 6.11. The molecule has 0 saturated carbocycles. The highest BCUT2D eigenvalue weighted by atomic mass is 35.5. The van der Waals surface area contributed by atoms with Gasteiger partial charge in [0.2, 0.25) is 5.91 Å². The van der Waals surface area contributed by atoms with E-state index in [9.17, 15) is 4.79 Å². The smallest absolute Gasteiger partial charge is 0.238 e. The van der Waals surface area contributed by atoms with Gasteiger partial charge in [-0.3, -0.25) is 9.69 Å². The SMILES string of the molecule is CN(CC#N)CC(=O)Nc1cccc(Cl)c1. The fourth-order valence-electron chi connectivity index (χ4n) is 1.19. The molecule has 0 radical (unpaired) electrons. The number of amides is 1. The molecule has 0 unspecified atom stereocenters. The zero-order valence-electron chi connectivity index (χ0n) is 8.90. The molecule has 0 bridgehead atoms. The Hall–Kier alpha value is -1.57. The average Bonchev–Trinajstić information content (AvgIpc) is 2.17. The molecule has 0 heterocycles. The number of nitrogens with zero attached hydrogens (tertiary/aromatic N) is 2. The van der Waals surface area contributed by atoms with E-state index in [0.717, 1.165) is 0 Å². The number of carbonyl (C=O) groups is 1. The van der Waals surface area contributed by atoms with E-state index >= 15 is 0 Å². The summed E-state index contributed by atoms with van der Waals surface area (Å²) in [5.74, 6) is -0.167. The standard InChI is InChI=1S/C11H12ClN3O/c1-15(6-5-13)8-11(16)14-10-4-2-3-9(12)7-10/h2-4,7H,6,8H2,1H3,(H,14,16). The first-order chi connectivity index (χ1) is 7.61. The summed E-state index contributed by atoms with van der Waals surface area (Å²) in [7, 11) is 1.71. The van der Waals surface area contributed by atoms with Crippen LogP contribution in [0.4, 0.5) is 5.69 Å². The fraction of sp³-hybridized carbons (Fsp3) is 0.273. The van der Waals surface area contributed by atoms with Crippen LogP contribution in [0.3, 0.4) is 0 Å². The number of likely N-dealkylation sites (N-methyl/N-ethyl adjacent to an activating group) is 1. The summed E-state index contributed by atoms with van der Waals surface area (Å²) in [6.45, 7) is 0.406. The Labute approximate surface area is 99.4 Å². The normalized spacial score (nSPS) is 9.88. The highest BCUT2D eigenvalue weighted by Crippen LogP contribution is 2.14. The van der Waals surface area contributed by atoms with E-state index in [0.29, 0.717) is 10.7 Å². The third-order valence-electron chi connectivity index (χ3n) is 1.86. The van der Waals surface area contributed by atoms with Crippen LogP contribution >= 0.6 is 11.6 Å². The molecular weight excluding hydrogens is 226 g/mol. The van der Waals surface area contributed by atoms with Crippen LogP contribution in [0.2, 0.25) is 5.02 Å². The van der Waals surface area contributed by atoms with Crippen molar-refractivity contribution in [2.45, 2.75) is 0 Å². The van der Waals surface area contributed by atoms with Crippen LogP contribution in [-0.2, 0) is 4.79 Å². The van der Waals surface area contributed by atoms with Crippen molar-refractivity contribution in [2.24, 2.45) is 0 Å². The summed E-state index contributed by atoms with van der Waals surface area (Å²) < 4.78 is 0. The molecule has 0 aliphatic carbocycles. The maximum absolute atomic E-state index is 11.5. The largest absolute Gasteiger partial charge is 0.325 e. The zero-order chi connectivity index (χ0) is 12.0. The number of benzene rings is 1. The highest BCUT2D eigenvalue weighted by Gasteiger charge is 2.06. The molecule has 0 aliphatic heterocycles. The minimum Gasteiger partial charge on any atom is -0.325 e. The van der Waals surface area contributed by atoms with E-state index in [1.807, 2.05) is 6.07 Å². The molecule has 1 N–H and O–H groups in total. The maximum atomic E-state index is 11.5. The van der Waals surface area contributed by atoms with E-state index in [1.165, 1.54) is 0 Å². The lowest BCUT2D eigenvalue weighted by Crippen LogP contribution is -2.30. The summed E-state index contributed by atoms with van der Waals surface area (Å²) in [6, 6.07) is 8.90. The van der Waals surface area contributed by atoms with Gasteiger partial charge in [0.25, 0.3) is 0 Å². The van der Waals surface area contributed by atoms with Gasteiger partial charge < -0.3 is 5.32 Å². The van der Waals surface area contributed by atoms with Crippen molar-refractivity contribution in [1.82, 2.24) is 4.90 Å². The van der Waals surface area contributed by atoms with Crippen molar-refractivity contribution >= 4 is 23.2 Å². The quantitative estimate of drug-likeness (QED) is 0.812. The molecule has 16 heavy (non-hydrogen) atoms. The number of anilines is 1. The number of nitriles is 1. The molecule has 5 heteroatoms. The predicted octanol–water partition coefficient (Wildman–Crippen LogP) is 1.73. The van der Waals surface area contributed by atoms with Gasteiger partial charge in [0.15, 0.2) is 0 Å². The van der Waals surface area contributed by atoms with Crippen LogP contribution in [0.5, 0.6) is 0 Å². The van der Waals surface area contributed by atoms with Crippen molar-refractivity contribution in [3.63, 3.8) is 0 Å². The predicted molar refractivity (Wildman–Crippen MR) is 63.2 cm³/mol. The monoisotopic (exact) mass is 237 g/mol. The first-order valence-electron chi connectivity index (χ1n) is 4.72. The van der Waals surface area contributed by atoms with Crippen LogP contribution in [0, 0.1) is 11.3 Å². The fourth-order valence-corrected chi connectivity index (χ4v) is 1.38. The van der Waals surface area contributed by atoms with Gasteiger partial charge in [-0.2, -0.15) is 5.26 Å². The molecule has 0 saturated heterocycles. The molecule has 0 aromatic heterocycles. The lowest BCUT2D eigenvalue weighted by atomic mass is 10.3. The second-order valence-corrected chi connectivity index (χ2v) is 3.83. The molecule has 4 nitrogen and oxygen atoms in total. The number of halogens is 1. The van der Waals surface area contributed by atoms with E-state index in [-0.39, 0.29) is 19.0 Å². The van der Waals surface area contributed by atoms with Crippen molar-refractivity contribution in [2.75, 3.05) is 25.5 Å². The van der Waals surface area contributed by atoms with Crippen molar-refractivity contribution in [3.05, 3.63) is 29.3 Å². The number of nitrogens with one attached hydrogen (secondary N) is 1. The molecular formula is C11H12ClN3O. The van der Waals surface area contributed by atoms with Gasteiger partial charge >= 0.3 is 0 Å². The minimum absolute atomic E-state index is 0.167. The summed E-state index contributed by atoms with van der Waals surface area (Å²) in [4.78, 5) is 13.1. The maximum Gasteiger partial charge on any atom is 0.238 e. The van der Waals surface area contributed by atoms with E-state index in [4.69, 9.17) is 16.9 Å². The molecule has 0 spiro atoms. The lowest BCUT2D eigenvalue weighted by molar-refractivity contribution is -0.116. The Bertz CT molecular complexity index is 414. The molecule has 0 atom stereocenters. The molecule has 1 rings (SSSR count). The van der Waals surface area contributed by atoms with E-state index < -0.39 is 0 Å². The van der Waals surface area contributed by atoms with Crippen LogP contribution in [0.25, 0.3) is 0 Å². The summed E-state index contributed by atoms with van der Waals surface area (Å²) in [5.41, 5.74) is 0.655. The number of carbonyl (C=O) groups excluding carboxylic acids is 1. The third-order valence-corrected chi connectivity index (χ3v) is 2.10. The van der Waals surface area contributed by atoms with Gasteiger partial charge in [0.1, 0.15) is 0 Å². The Morgan fingerprint density at radius 2 is 2.38 bits per heavy atom. The van der Waals surface area contributed by atoms with Crippen molar-refractivity contribution in [1.29, 1.82) is 5.26 Å². The van der Waals surface area contributed by atoms with Gasteiger partial charge in [-0.25, -0.2) is 0 Å². The Kier molecular flexibility index (Phi) is 4.77. The Morgan fingerprint density at radius 3 is 3.00 bits per heavy atom. The summed E-state index contributed by atoms with van der Waals surface area (Å²) >= 11 is 5.78. The van der Waals surface area contributed by atoms with Crippen LogP contribution < -0.4 is 5.32 Å². The molecule has 0 fully saturated rings. The minimum atomic E-state index is -0.167. The highest BCUT2D eigenvalue weighted by molar-refractivity contribution is 6.30. The van der Waals surface area contributed by atoms with Gasteiger partial charge in [-0.1, -0.05) is 17.7 Å². The number of hydrogen-bond acceptors (Lipinski definition) is 3. The number of hydrogen-bond donors (Lipinski definition) is 1. The van der Waals surface area contributed by atoms with Gasteiger partial charge in [-0.15, -0.1) is 0 Å². The van der Waals surface area contributed by atoms with E-state index in [1.54, 1.807) is 36.2 Å². The average molecular weight is 238 g/mol. The topological polar surface area (TPSA) is 56.1 Å². The second-order valence-electron chi connectivity index (χ2n) is 3.39. The summed E-state index contributed by atoms with van der Waals surface area (Å²) in [5, 5.41) is 11.7. The van der Waals surface area contributed by atoms with Gasteiger partial charge in [0, 0.05) is 10.7 Å². The first kappa shape index (κ1) is 12.5. The van der Waals surface area contributed by atoms with Crippen LogP contribution in [0.15, 0.2) is 24.3 Å². The molecule has 0 aliphatic rings. The van der Waals surface area contributed by atoms with Crippen LogP contribution in [-0.4, -0.2) is 30.9 Å². The molecule has 1 aromatic carbocycles. The van der Waals surface area contributed by atoms with Crippen molar-refractivity contribution in [3.8, 4) is 6.07 Å². The summed E-state index contributed by atoms with van der Waals surface area (Å²) in [6.07, 6.45) is 0. The first-order valence-corrected chi connectivity index (χ1v) is 5.10. The molecule has 84 valence electrons. The molecule has 1 aromatic rings. The number of rotatable bonds is 4. The Balaban J connectivity index is 2.49. The lowest BCUT2D eigenvalue weighted by Gasteiger charge is -2.12.